The zero-order valence-electron chi connectivity index (χ0n) is 15.0. The van der Waals surface area contributed by atoms with E-state index in [2.05, 4.69) is 16.9 Å². The van der Waals surface area contributed by atoms with Gasteiger partial charge in [0.15, 0.2) is 0 Å². The van der Waals surface area contributed by atoms with Crippen molar-refractivity contribution in [2.24, 2.45) is 11.7 Å². The lowest BCUT2D eigenvalue weighted by Gasteiger charge is -2.43. The van der Waals surface area contributed by atoms with Crippen LogP contribution < -0.4 is 10.6 Å². The van der Waals surface area contributed by atoms with Crippen molar-refractivity contribution in [3.63, 3.8) is 0 Å². The number of nitriles is 1. The number of likely N-dealkylation sites (tertiary alicyclic amines) is 1. The van der Waals surface area contributed by atoms with Gasteiger partial charge in [0.25, 0.3) is 0 Å². The number of hydrogen-bond donors (Lipinski definition) is 2. The second-order valence-corrected chi connectivity index (χ2v) is 6.78. The lowest BCUT2D eigenvalue weighted by atomic mass is 9.91. The van der Waals surface area contributed by atoms with E-state index in [1.54, 1.807) is 15.6 Å². The lowest BCUT2D eigenvalue weighted by molar-refractivity contribution is -0.131. The van der Waals surface area contributed by atoms with Crippen molar-refractivity contribution in [1.29, 1.82) is 10.7 Å². The molecule has 8 heteroatoms. The molecule has 3 heterocycles. The van der Waals surface area contributed by atoms with Gasteiger partial charge < -0.3 is 15.5 Å². The number of nitrogen functional groups attached to an aromatic ring is 1. The van der Waals surface area contributed by atoms with Crippen LogP contribution in [0.5, 0.6) is 0 Å². The van der Waals surface area contributed by atoms with Gasteiger partial charge >= 0.3 is 0 Å². The molecule has 8 nitrogen and oxygen atoms in total. The van der Waals surface area contributed by atoms with Gasteiger partial charge in [-0.1, -0.05) is 6.92 Å². The molecule has 0 saturated carbocycles. The molecule has 26 heavy (non-hydrogen) atoms. The molecular formula is C18H23N7O. The van der Waals surface area contributed by atoms with E-state index in [0.717, 1.165) is 17.6 Å². The summed E-state index contributed by atoms with van der Waals surface area (Å²) in [6, 6.07) is 5.84. The second-order valence-electron chi connectivity index (χ2n) is 6.78. The van der Waals surface area contributed by atoms with Crippen molar-refractivity contribution in [3.8, 4) is 6.07 Å². The van der Waals surface area contributed by atoms with Crippen LogP contribution in [0.4, 0.5) is 5.69 Å². The zero-order chi connectivity index (χ0) is 18.8. The first-order chi connectivity index (χ1) is 12.4. The highest BCUT2D eigenvalue weighted by molar-refractivity contribution is 6.03. The summed E-state index contributed by atoms with van der Waals surface area (Å²) in [5.74, 6) is 0.185. The lowest BCUT2D eigenvalue weighted by Crippen LogP contribution is -2.53. The molecule has 1 aliphatic heterocycles. The Morgan fingerprint density at radius 1 is 1.58 bits per heavy atom. The number of amides is 1. The number of carbonyl (C=O) groups is 1. The highest BCUT2D eigenvalue weighted by atomic mass is 16.2. The third kappa shape index (κ3) is 3.08. The maximum atomic E-state index is 12.2. The minimum Gasteiger partial charge on any atom is -0.384 e. The number of anilines is 1. The van der Waals surface area contributed by atoms with E-state index in [1.165, 1.54) is 0 Å². The molecule has 0 radical (unpaired) electrons. The van der Waals surface area contributed by atoms with E-state index in [-0.39, 0.29) is 24.2 Å². The van der Waals surface area contributed by atoms with Crippen LogP contribution in [0.2, 0.25) is 0 Å². The summed E-state index contributed by atoms with van der Waals surface area (Å²) in [6.07, 6.45) is 4.22. The van der Waals surface area contributed by atoms with Crippen molar-refractivity contribution < 1.29 is 4.79 Å². The predicted molar refractivity (Wildman–Crippen MR) is 99.0 cm³/mol. The Balaban J connectivity index is 1.98. The van der Waals surface area contributed by atoms with E-state index >= 15 is 0 Å². The number of carbonyl (C=O) groups excluding carboxylic acids is 1. The van der Waals surface area contributed by atoms with Gasteiger partial charge in [0, 0.05) is 32.4 Å². The number of aromatic nitrogens is 2. The molecule has 2 aromatic heterocycles. The van der Waals surface area contributed by atoms with Crippen molar-refractivity contribution in [3.05, 3.63) is 30.1 Å². The molecule has 2 aromatic rings. The second kappa shape index (κ2) is 7.04. The van der Waals surface area contributed by atoms with Crippen LogP contribution in [0.15, 0.2) is 24.5 Å². The normalized spacial score (nSPS) is 20.0. The third-order valence-electron chi connectivity index (χ3n) is 5.18. The van der Waals surface area contributed by atoms with E-state index in [0.29, 0.717) is 24.6 Å². The number of piperidine rings is 1. The number of hydrogen-bond acceptors (Lipinski definition) is 5. The first kappa shape index (κ1) is 17.7. The third-order valence-corrected chi connectivity index (χ3v) is 5.18. The minimum absolute atomic E-state index is 0.0380. The molecular weight excluding hydrogens is 330 g/mol. The molecule has 0 aromatic carbocycles. The average molecular weight is 353 g/mol. The van der Waals surface area contributed by atoms with Crippen LogP contribution in [0.3, 0.4) is 0 Å². The summed E-state index contributed by atoms with van der Waals surface area (Å²) in [4.78, 5) is 16.0. The first-order valence-corrected chi connectivity index (χ1v) is 8.62. The molecule has 0 bridgehead atoms. The Morgan fingerprint density at radius 2 is 2.35 bits per heavy atom. The number of rotatable bonds is 4. The molecule has 136 valence electrons. The van der Waals surface area contributed by atoms with Crippen LogP contribution in [-0.2, 0) is 4.79 Å². The molecule has 1 saturated heterocycles. The number of nitrogens with zero attached hydrogens (tertiary/aromatic N) is 5. The smallest absolute Gasteiger partial charge is 0.236 e. The summed E-state index contributed by atoms with van der Waals surface area (Å²) in [5.41, 5.74) is 8.08. The molecule has 2 unspecified atom stereocenters. The SMILES string of the molecule is CC1CCN(C(=O)CC#N)CC1N(C)c1c(C(=N)N)cnn2cccc12. The van der Waals surface area contributed by atoms with Crippen LogP contribution in [-0.4, -0.2) is 52.4 Å². The fraction of sp³-hybridized carbons (Fsp3) is 0.444. The van der Waals surface area contributed by atoms with Gasteiger partial charge in [-0.15, -0.1) is 0 Å². The quantitative estimate of drug-likeness (QED) is 0.633. The van der Waals surface area contributed by atoms with Gasteiger partial charge in [-0.05, 0) is 24.5 Å². The van der Waals surface area contributed by atoms with E-state index < -0.39 is 0 Å². The summed E-state index contributed by atoms with van der Waals surface area (Å²) < 4.78 is 1.75. The average Bonchev–Trinajstić information content (AvgIpc) is 3.09. The fourth-order valence-electron chi connectivity index (χ4n) is 3.67. The molecule has 0 spiro atoms. The van der Waals surface area contributed by atoms with Crippen LogP contribution in [0.1, 0.15) is 25.3 Å². The standard InChI is InChI=1S/C18H23N7O/c1-12-6-9-24(16(26)5-7-19)11-15(12)23(2)17-13(18(20)21)10-22-25-8-3-4-14(17)25/h3-4,8,10,12,15H,5-6,9,11H2,1-2H3,(H3,20,21). The Kier molecular flexibility index (Phi) is 4.80. The zero-order valence-corrected chi connectivity index (χ0v) is 15.0. The summed E-state index contributed by atoms with van der Waals surface area (Å²) >= 11 is 0. The Hall–Kier alpha value is -3.08. The van der Waals surface area contributed by atoms with Crippen molar-refractivity contribution in [2.45, 2.75) is 25.8 Å². The summed E-state index contributed by atoms with van der Waals surface area (Å²) in [6.45, 7) is 3.38. The summed E-state index contributed by atoms with van der Waals surface area (Å²) in [5, 5.41) is 21.0. The monoisotopic (exact) mass is 353 g/mol. The summed E-state index contributed by atoms with van der Waals surface area (Å²) in [7, 11) is 1.97. The van der Waals surface area contributed by atoms with Gasteiger partial charge in [0.05, 0.1) is 29.0 Å². The predicted octanol–water partition coefficient (Wildman–Crippen LogP) is 1.21. The Bertz CT molecular complexity index is 881. The van der Waals surface area contributed by atoms with Crippen LogP contribution >= 0.6 is 0 Å². The topological polar surface area (TPSA) is 115 Å². The molecule has 1 aliphatic rings. The van der Waals surface area contributed by atoms with E-state index in [9.17, 15) is 4.79 Å². The minimum atomic E-state index is -0.132. The van der Waals surface area contributed by atoms with Gasteiger partial charge in [-0.2, -0.15) is 10.4 Å². The fourth-order valence-corrected chi connectivity index (χ4v) is 3.67. The molecule has 3 N–H and O–H groups in total. The number of likely N-dealkylation sites (N-methyl/N-ethyl adjacent to an activating group) is 1. The van der Waals surface area contributed by atoms with Crippen LogP contribution in [0, 0.1) is 22.7 Å². The number of amidine groups is 1. The van der Waals surface area contributed by atoms with Crippen molar-refractivity contribution in [2.75, 3.05) is 25.0 Å². The molecule has 2 atom stereocenters. The highest BCUT2D eigenvalue weighted by Gasteiger charge is 2.33. The Labute approximate surface area is 152 Å². The van der Waals surface area contributed by atoms with E-state index in [1.807, 2.05) is 31.4 Å². The maximum absolute atomic E-state index is 12.2. The first-order valence-electron chi connectivity index (χ1n) is 8.62. The number of fused-ring (bicyclic) bond motifs is 1. The molecule has 3 rings (SSSR count). The highest BCUT2D eigenvalue weighted by Crippen LogP contribution is 2.31. The molecule has 1 fully saturated rings. The Morgan fingerprint density at radius 3 is 3.04 bits per heavy atom. The maximum Gasteiger partial charge on any atom is 0.236 e. The van der Waals surface area contributed by atoms with Crippen LogP contribution in [0.25, 0.3) is 5.52 Å². The molecule has 1 amide bonds. The van der Waals surface area contributed by atoms with Gasteiger partial charge in [-0.25, -0.2) is 4.52 Å². The van der Waals surface area contributed by atoms with Gasteiger partial charge in [0.1, 0.15) is 12.3 Å². The van der Waals surface area contributed by atoms with E-state index in [4.69, 9.17) is 16.4 Å². The van der Waals surface area contributed by atoms with Gasteiger partial charge in [0.2, 0.25) is 5.91 Å². The van der Waals surface area contributed by atoms with Gasteiger partial charge in [-0.3, -0.25) is 10.2 Å². The number of nitrogens with two attached hydrogens (primary N) is 1. The van der Waals surface area contributed by atoms with Crippen molar-refractivity contribution >= 4 is 22.9 Å². The molecule has 0 aliphatic carbocycles. The largest absolute Gasteiger partial charge is 0.384 e. The van der Waals surface area contributed by atoms with Crippen molar-refractivity contribution in [1.82, 2.24) is 14.5 Å². The number of nitrogens with one attached hydrogen (secondary N) is 1.